The predicted octanol–water partition coefficient (Wildman–Crippen LogP) is 0.911. The Hall–Kier alpha value is -1.25. The fourth-order valence-corrected chi connectivity index (χ4v) is 4.97. The zero-order chi connectivity index (χ0) is 17.4. The van der Waals surface area contributed by atoms with Crippen LogP contribution in [0.5, 0.6) is 0 Å². The van der Waals surface area contributed by atoms with Gasteiger partial charge in [-0.1, -0.05) is 23.5 Å². The van der Waals surface area contributed by atoms with Gasteiger partial charge in [0, 0.05) is 32.7 Å². The lowest BCUT2D eigenvalue weighted by molar-refractivity contribution is -0.112. The van der Waals surface area contributed by atoms with Crippen molar-refractivity contribution in [2.24, 2.45) is 5.92 Å². The number of rotatable bonds is 3. The van der Waals surface area contributed by atoms with E-state index in [0.29, 0.717) is 19.0 Å². The van der Waals surface area contributed by atoms with Gasteiger partial charge in [0.15, 0.2) is 5.13 Å². The first-order valence-electron chi connectivity index (χ1n) is 8.97. The van der Waals surface area contributed by atoms with Crippen molar-refractivity contribution in [1.29, 1.82) is 0 Å². The van der Waals surface area contributed by atoms with Gasteiger partial charge in [-0.3, -0.25) is 4.90 Å². The van der Waals surface area contributed by atoms with Crippen molar-refractivity contribution in [1.82, 2.24) is 9.88 Å². The van der Waals surface area contributed by atoms with Crippen LogP contribution in [0.3, 0.4) is 0 Å². The van der Waals surface area contributed by atoms with E-state index < -0.39 is 18.3 Å². The largest absolute Gasteiger partial charge is 0.389 e. The average Bonchev–Trinajstić information content (AvgIpc) is 3.04. The van der Waals surface area contributed by atoms with Crippen molar-refractivity contribution in [2.45, 2.75) is 31.2 Å². The number of anilines is 1. The molecule has 0 amide bonds. The Morgan fingerprint density at radius 3 is 2.60 bits per heavy atom. The molecule has 0 radical (unpaired) electrons. The summed E-state index contributed by atoms with van der Waals surface area (Å²) in [5, 5.41) is 30.5. The maximum Gasteiger partial charge on any atom is 0.186 e. The highest BCUT2D eigenvalue weighted by atomic mass is 32.1. The van der Waals surface area contributed by atoms with E-state index in [9.17, 15) is 15.3 Å². The van der Waals surface area contributed by atoms with Gasteiger partial charge in [0.2, 0.25) is 0 Å². The summed E-state index contributed by atoms with van der Waals surface area (Å²) in [6.45, 7) is 3.67. The molecule has 25 heavy (non-hydrogen) atoms. The van der Waals surface area contributed by atoms with Gasteiger partial charge < -0.3 is 20.2 Å². The fraction of sp³-hybridized carbons (Fsp3) is 0.611. The number of aliphatic hydroxyl groups excluding tert-OH is 3. The minimum absolute atomic E-state index is 0.426. The number of aromatic nitrogens is 1. The maximum absolute atomic E-state index is 9.89. The molecule has 0 spiro atoms. The van der Waals surface area contributed by atoms with Gasteiger partial charge in [0.25, 0.3) is 0 Å². The number of thiazole rings is 1. The molecule has 0 saturated carbocycles. The molecule has 0 bridgehead atoms. The standard InChI is InChI=1S/C18H25N3O3S/c22-14-10-20(11-15(23)17(14)24)8-12-4-3-7-21(9-12)18-19-13-5-1-2-6-16(13)25-18/h1-2,5-6,12,14-15,17,22-24H,3-4,7-11H2/t12-,14?,15?,17?/m1/s1. The van der Waals surface area contributed by atoms with Crippen molar-refractivity contribution < 1.29 is 15.3 Å². The number of nitrogens with zero attached hydrogens (tertiary/aromatic N) is 3. The van der Waals surface area contributed by atoms with Crippen LogP contribution in [-0.2, 0) is 0 Å². The van der Waals surface area contributed by atoms with Crippen LogP contribution < -0.4 is 4.90 Å². The minimum atomic E-state index is -1.03. The molecule has 2 aliphatic heterocycles. The number of piperidine rings is 2. The van der Waals surface area contributed by atoms with Crippen molar-refractivity contribution >= 4 is 26.7 Å². The molecule has 4 rings (SSSR count). The normalized spacial score (nSPS) is 31.6. The Labute approximate surface area is 151 Å². The number of para-hydroxylation sites is 1. The van der Waals surface area contributed by atoms with Crippen molar-refractivity contribution in [3.05, 3.63) is 24.3 Å². The van der Waals surface area contributed by atoms with Crippen LogP contribution in [-0.4, -0.2) is 76.2 Å². The molecule has 136 valence electrons. The first kappa shape index (κ1) is 17.2. The Morgan fingerprint density at radius 1 is 1.08 bits per heavy atom. The summed E-state index contributed by atoms with van der Waals surface area (Å²) in [5.74, 6) is 0.482. The molecule has 2 saturated heterocycles. The van der Waals surface area contributed by atoms with E-state index in [1.165, 1.54) is 4.70 Å². The van der Waals surface area contributed by atoms with E-state index in [1.54, 1.807) is 11.3 Å². The van der Waals surface area contributed by atoms with Crippen LogP contribution in [0.4, 0.5) is 5.13 Å². The van der Waals surface area contributed by atoms with Gasteiger partial charge in [-0.25, -0.2) is 4.98 Å². The monoisotopic (exact) mass is 363 g/mol. The van der Waals surface area contributed by atoms with Gasteiger partial charge in [-0.05, 0) is 30.9 Å². The Balaban J connectivity index is 1.41. The molecule has 1 aromatic carbocycles. The first-order valence-corrected chi connectivity index (χ1v) is 9.79. The summed E-state index contributed by atoms with van der Waals surface area (Å²) in [5.41, 5.74) is 1.06. The molecule has 3 N–H and O–H groups in total. The summed E-state index contributed by atoms with van der Waals surface area (Å²) in [6, 6.07) is 8.23. The molecule has 2 fully saturated rings. The smallest absolute Gasteiger partial charge is 0.186 e. The number of hydrogen-bond acceptors (Lipinski definition) is 7. The Morgan fingerprint density at radius 2 is 1.84 bits per heavy atom. The van der Waals surface area contributed by atoms with Crippen molar-refractivity contribution in [3.8, 4) is 0 Å². The molecule has 2 aromatic rings. The van der Waals surface area contributed by atoms with E-state index >= 15 is 0 Å². The van der Waals surface area contributed by atoms with E-state index in [4.69, 9.17) is 4.98 Å². The molecule has 7 heteroatoms. The average molecular weight is 363 g/mol. The molecule has 2 aliphatic rings. The third kappa shape index (κ3) is 3.66. The minimum Gasteiger partial charge on any atom is -0.389 e. The molecule has 0 aliphatic carbocycles. The Bertz CT molecular complexity index is 679. The zero-order valence-corrected chi connectivity index (χ0v) is 15.0. The second kappa shape index (κ2) is 7.17. The zero-order valence-electron chi connectivity index (χ0n) is 14.2. The van der Waals surface area contributed by atoms with E-state index in [-0.39, 0.29) is 0 Å². The van der Waals surface area contributed by atoms with Crippen molar-refractivity contribution in [3.63, 3.8) is 0 Å². The molecular weight excluding hydrogens is 338 g/mol. The Kier molecular flexibility index (Phi) is 4.92. The second-order valence-corrected chi connectivity index (χ2v) is 8.27. The van der Waals surface area contributed by atoms with Gasteiger partial charge in [-0.15, -0.1) is 0 Å². The van der Waals surface area contributed by atoms with Gasteiger partial charge >= 0.3 is 0 Å². The predicted molar refractivity (Wildman–Crippen MR) is 99.0 cm³/mol. The number of benzene rings is 1. The van der Waals surface area contributed by atoms with Crippen LogP contribution in [0.1, 0.15) is 12.8 Å². The molecule has 1 aromatic heterocycles. The summed E-state index contributed by atoms with van der Waals surface area (Å²) in [7, 11) is 0. The van der Waals surface area contributed by atoms with Crippen LogP contribution >= 0.6 is 11.3 Å². The topological polar surface area (TPSA) is 80.1 Å². The summed E-state index contributed by atoms with van der Waals surface area (Å²) < 4.78 is 1.22. The lowest BCUT2D eigenvalue weighted by Crippen LogP contribution is -2.56. The lowest BCUT2D eigenvalue weighted by atomic mass is 9.95. The number of β-amino-alcohol motifs (C(OH)–C–C–N with tert-alkyl or cyclic N) is 2. The summed E-state index contributed by atoms with van der Waals surface area (Å²) in [6.07, 6.45) is -0.489. The number of aliphatic hydroxyl groups is 3. The second-order valence-electron chi connectivity index (χ2n) is 7.26. The van der Waals surface area contributed by atoms with Gasteiger partial charge in [0.1, 0.15) is 6.10 Å². The van der Waals surface area contributed by atoms with E-state index in [1.807, 2.05) is 12.1 Å². The van der Waals surface area contributed by atoms with Crippen LogP contribution in [0.15, 0.2) is 24.3 Å². The first-order chi connectivity index (χ1) is 12.1. The third-order valence-electron chi connectivity index (χ3n) is 5.27. The number of fused-ring (bicyclic) bond motifs is 1. The molecular formula is C18H25N3O3S. The maximum atomic E-state index is 9.89. The third-order valence-corrected chi connectivity index (χ3v) is 6.36. The van der Waals surface area contributed by atoms with Gasteiger partial charge in [-0.2, -0.15) is 0 Å². The van der Waals surface area contributed by atoms with E-state index in [0.717, 1.165) is 43.1 Å². The van der Waals surface area contributed by atoms with Crippen LogP contribution in [0.25, 0.3) is 10.2 Å². The molecule has 2 unspecified atom stereocenters. The van der Waals surface area contributed by atoms with Crippen molar-refractivity contribution in [2.75, 3.05) is 37.6 Å². The summed E-state index contributed by atoms with van der Waals surface area (Å²) >= 11 is 1.74. The quantitative estimate of drug-likeness (QED) is 0.752. The van der Waals surface area contributed by atoms with Gasteiger partial charge in [0.05, 0.1) is 22.4 Å². The number of hydrogen-bond donors (Lipinski definition) is 3. The lowest BCUT2D eigenvalue weighted by Gasteiger charge is -2.40. The van der Waals surface area contributed by atoms with E-state index in [2.05, 4.69) is 21.9 Å². The van der Waals surface area contributed by atoms with Crippen LogP contribution in [0, 0.1) is 5.92 Å². The summed E-state index contributed by atoms with van der Waals surface area (Å²) in [4.78, 5) is 9.21. The number of likely N-dealkylation sites (tertiary alicyclic amines) is 1. The highest BCUT2D eigenvalue weighted by Gasteiger charge is 2.34. The van der Waals surface area contributed by atoms with Crippen LogP contribution in [0.2, 0.25) is 0 Å². The molecule has 6 nitrogen and oxygen atoms in total. The highest BCUT2D eigenvalue weighted by molar-refractivity contribution is 7.22. The molecule has 3 heterocycles. The SMILES string of the molecule is OC1CN(C[C@H]2CCCN(c3nc4ccccc4s3)C2)CC(O)C1O. The fourth-order valence-electron chi connectivity index (χ4n) is 3.97. The molecule has 3 atom stereocenters. The highest BCUT2D eigenvalue weighted by Crippen LogP contribution is 2.31.